The summed E-state index contributed by atoms with van der Waals surface area (Å²) in [6.45, 7) is 6.77. The molecule has 0 radical (unpaired) electrons. The van der Waals surface area contributed by atoms with E-state index < -0.39 is 0 Å². The largest absolute Gasteiger partial charge is 0.317 e. The SMILES string of the molecule is CCCCNCCC(S)CCCC. The van der Waals surface area contributed by atoms with Crippen molar-refractivity contribution in [3.63, 3.8) is 0 Å². The molecule has 0 spiro atoms. The van der Waals surface area contributed by atoms with Crippen molar-refractivity contribution in [3.8, 4) is 0 Å². The standard InChI is InChI=1S/C11H25NS/c1-3-5-7-11(13)8-10-12-9-6-4-2/h11-13H,3-10H2,1-2H3. The van der Waals surface area contributed by atoms with Crippen LogP contribution in [-0.2, 0) is 0 Å². The van der Waals surface area contributed by atoms with Crippen LogP contribution in [0.15, 0.2) is 0 Å². The molecule has 0 aliphatic rings. The fourth-order valence-electron chi connectivity index (χ4n) is 1.28. The van der Waals surface area contributed by atoms with Crippen LogP contribution >= 0.6 is 12.6 Å². The van der Waals surface area contributed by atoms with Crippen LogP contribution in [0.1, 0.15) is 52.4 Å². The zero-order valence-corrected chi connectivity index (χ0v) is 10.1. The molecule has 0 bridgehead atoms. The first-order valence-electron chi connectivity index (χ1n) is 5.70. The molecule has 1 atom stereocenters. The molecule has 0 rings (SSSR count). The Morgan fingerprint density at radius 3 is 2.31 bits per heavy atom. The van der Waals surface area contributed by atoms with Gasteiger partial charge in [-0.05, 0) is 32.4 Å². The van der Waals surface area contributed by atoms with Crippen LogP contribution in [0.25, 0.3) is 0 Å². The summed E-state index contributed by atoms with van der Waals surface area (Å²) in [5.41, 5.74) is 0. The Kier molecular flexibility index (Phi) is 10.6. The van der Waals surface area contributed by atoms with Gasteiger partial charge in [-0.3, -0.25) is 0 Å². The first-order chi connectivity index (χ1) is 6.31. The van der Waals surface area contributed by atoms with E-state index >= 15 is 0 Å². The third-order valence-electron chi connectivity index (χ3n) is 2.25. The van der Waals surface area contributed by atoms with Gasteiger partial charge in [-0.25, -0.2) is 0 Å². The molecule has 0 aliphatic carbocycles. The maximum atomic E-state index is 4.55. The quantitative estimate of drug-likeness (QED) is 0.433. The van der Waals surface area contributed by atoms with Gasteiger partial charge >= 0.3 is 0 Å². The molecule has 1 N–H and O–H groups in total. The van der Waals surface area contributed by atoms with Crippen LogP contribution in [0, 0.1) is 0 Å². The van der Waals surface area contributed by atoms with Crippen LogP contribution in [0.4, 0.5) is 0 Å². The second-order valence-corrected chi connectivity index (χ2v) is 4.42. The van der Waals surface area contributed by atoms with Gasteiger partial charge in [0.1, 0.15) is 0 Å². The highest BCUT2D eigenvalue weighted by Gasteiger charge is 2.00. The van der Waals surface area contributed by atoms with E-state index in [2.05, 4.69) is 31.8 Å². The first kappa shape index (κ1) is 13.3. The summed E-state index contributed by atoms with van der Waals surface area (Å²) in [7, 11) is 0. The number of unbranched alkanes of at least 4 members (excludes halogenated alkanes) is 2. The smallest absolute Gasteiger partial charge is 0.00288 e. The lowest BCUT2D eigenvalue weighted by Gasteiger charge is -2.10. The molecule has 0 aromatic rings. The highest BCUT2D eigenvalue weighted by Crippen LogP contribution is 2.09. The molecule has 0 aromatic carbocycles. The topological polar surface area (TPSA) is 12.0 Å². The van der Waals surface area contributed by atoms with Crippen molar-refractivity contribution in [3.05, 3.63) is 0 Å². The fourth-order valence-corrected chi connectivity index (χ4v) is 1.59. The van der Waals surface area contributed by atoms with Crippen LogP contribution in [0.5, 0.6) is 0 Å². The number of thiol groups is 1. The van der Waals surface area contributed by atoms with Crippen molar-refractivity contribution in [1.82, 2.24) is 5.32 Å². The molecule has 0 aromatic heterocycles. The third kappa shape index (κ3) is 10.2. The van der Waals surface area contributed by atoms with E-state index in [1.165, 1.54) is 45.1 Å². The van der Waals surface area contributed by atoms with Crippen molar-refractivity contribution in [2.75, 3.05) is 13.1 Å². The molecule has 0 fully saturated rings. The molecule has 0 heterocycles. The van der Waals surface area contributed by atoms with Gasteiger partial charge in [-0.15, -0.1) is 0 Å². The first-order valence-corrected chi connectivity index (χ1v) is 6.21. The van der Waals surface area contributed by atoms with Crippen molar-refractivity contribution in [2.24, 2.45) is 0 Å². The number of rotatable bonds is 9. The highest BCUT2D eigenvalue weighted by molar-refractivity contribution is 7.80. The Morgan fingerprint density at radius 2 is 1.69 bits per heavy atom. The summed E-state index contributed by atoms with van der Waals surface area (Å²) in [6, 6.07) is 0. The molecule has 2 heteroatoms. The summed E-state index contributed by atoms with van der Waals surface area (Å²) in [5.74, 6) is 0. The van der Waals surface area contributed by atoms with E-state index in [-0.39, 0.29) is 0 Å². The predicted molar refractivity (Wildman–Crippen MR) is 64.7 cm³/mol. The van der Waals surface area contributed by atoms with Gasteiger partial charge in [0.05, 0.1) is 0 Å². The van der Waals surface area contributed by atoms with Crippen molar-refractivity contribution in [2.45, 2.75) is 57.6 Å². The number of hydrogen-bond donors (Lipinski definition) is 2. The average molecular weight is 203 g/mol. The third-order valence-corrected chi connectivity index (χ3v) is 2.77. The second kappa shape index (κ2) is 10.4. The normalized spacial score (nSPS) is 13.2. The summed E-state index contributed by atoms with van der Waals surface area (Å²) >= 11 is 4.55. The minimum atomic E-state index is 0.606. The van der Waals surface area contributed by atoms with Gasteiger partial charge in [0.2, 0.25) is 0 Å². The minimum Gasteiger partial charge on any atom is -0.317 e. The van der Waals surface area contributed by atoms with Gasteiger partial charge < -0.3 is 5.32 Å². The Morgan fingerprint density at radius 1 is 1.00 bits per heavy atom. The molecule has 0 saturated heterocycles. The van der Waals surface area contributed by atoms with Gasteiger partial charge in [0.25, 0.3) is 0 Å². The molecule has 80 valence electrons. The van der Waals surface area contributed by atoms with E-state index in [1.54, 1.807) is 0 Å². The van der Waals surface area contributed by atoms with Crippen molar-refractivity contribution < 1.29 is 0 Å². The van der Waals surface area contributed by atoms with E-state index in [4.69, 9.17) is 0 Å². The predicted octanol–water partition coefficient (Wildman–Crippen LogP) is 3.25. The van der Waals surface area contributed by atoms with Gasteiger partial charge in [0, 0.05) is 5.25 Å². The van der Waals surface area contributed by atoms with Crippen LogP contribution < -0.4 is 5.32 Å². The zero-order valence-electron chi connectivity index (χ0n) is 9.18. The van der Waals surface area contributed by atoms with Crippen molar-refractivity contribution >= 4 is 12.6 Å². The lowest BCUT2D eigenvalue weighted by Crippen LogP contribution is -2.19. The second-order valence-electron chi connectivity index (χ2n) is 3.69. The molecule has 1 nitrogen and oxygen atoms in total. The number of hydrogen-bond acceptors (Lipinski definition) is 2. The highest BCUT2D eigenvalue weighted by atomic mass is 32.1. The van der Waals surface area contributed by atoms with Crippen LogP contribution in [0.2, 0.25) is 0 Å². The molecular weight excluding hydrogens is 178 g/mol. The molecule has 13 heavy (non-hydrogen) atoms. The van der Waals surface area contributed by atoms with Gasteiger partial charge in [-0.1, -0.05) is 33.1 Å². The average Bonchev–Trinajstić information content (AvgIpc) is 2.14. The van der Waals surface area contributed by atoms with E-state index in [1.807, 2.05) is 0 Å². The molecule has 1 unspecified atom stereocenters. The summed E-state index contributed by atoms with van der Waals surface area (Å²) < 4.78 is 0. The molecule has 0 amide bonds. The Hall–Kier alpha value is 0.310. The lowest BCUT2D eigenvalue weighted by molar-refractivity contribution is 0.582. The fraction of sp³-hybridized carbons (Fsp3) is 1.00. The molecule has 0 aliphatic heterocycles. The molecule has 0 saturated carbocycles. The van der Waals surface area contributed by atoms with E-state index in [9.17, 15) is 0 Å². The van der Waals surface area contributed by atoms with E-state index in [0.717, 1.165) is 6.54 Å². The summed E-state index contributed by atoms with van der Waals surface area (Å²) in [6.07, 6.45) is 7.69. The van der Waals surface area contributed by atoms with Gasteiger partial charge in [0.15, 0.2) is 0 Å². The van der Waals surface area contributed by atoms with Crippen molar-refractivity contribution in [1.29, 1.82) is 0 Å². The van der Waals surface area contributed by atoms with Crippen LogP contribution in [0.3, 0.4) is 0 Å². The van der Waals surface area contributed by atoms with E-state index in [0.29, 0.717) is 5.25 Å². The molecular formula is C11H25NS. The summed E-state index contributed by atoms with van der Waals surface area (Å²) in [4.78, 5) is 0. The Bertz CT molecular complexity index is 96.1. The Labute approximate surface area is 89.1 Å². The maximum absolute atomic E-state index is 4.55. The van der Waals surface area contributed by atoms with Gasteiger partial charge in [-0.2, -0.15) is 12.6 Å². The lowest BCUT2D eigenvalue weighted by atomic mass is 10.1. The monoisotopic (exact) mass is 203 g/mol. The number of nitrogens with one attached hydrogen (secondary N) is 1. The van der Waals surface area contributed by atoms with Crippen LogP contribution in [-0.4, -0.2) is 18.3 Å². The zero-order chi connectivity index (χ0) is 9.94. The Balaban J connectivity index is 3.03. The summed E-state index contributed by atoms with van der Waals surface area (Å²) in [5, 5.41) is 4.05. The minimum absolute atomic E-state index is 0.606. The maximum Gasteiger partial charge on any atom is 0.00288 e.